The van der Waals surface area contributed by atoms with Crippen molar-refractivity contribution in [3.8, 4) is 0 Å². The van der Waals surface area contributed by atoms with Crippen molar-refractivity contribution < 1.29 is 9.15 Å². The molecule has 0 aliphatic heterocycles. The van der Waals surface area contributed by atoms with Crippen LogP contribution < -0.4 is 5.32 Å². The van der Waals surface area contributed by atoms with E-state index in [1.54, 1.807) is 13.4 Å². The Kier molecular flexibility index (Phi) is 4.24. The molecule has 3 nitrogen and oxygen atoms in total. The summed E-state index contributed by atoms with van der Waals surface area (Å²) < 4.78 is 10.5. The minimum absolute atomic E-state index is 0.473. The van der Waals surface area contributed by atoms with Crippen molar-refractivity contribution in [1.82, 2.24) is 5.32 Å². The molecule has 1 unspecified atom stereocenters. The predicted molar refractivity (Wildman–Crippen MR) is 68.0 cm³/mol. The minimum Gasteiger partial charge on any atom is -0.469 e. The van der Waals surface area contributed by atoms with Gasteiger partial charge in [0.1, 0.15) is 5.76 Å². The van der Waals surface area contributed by atoms with Crippen LogP contribution in [0, 0.1) is 5.41 Å². The fourth-order valence-corrected chi connectivity index (χ4v) is 2.20. The van der Waals surface area contributed by atoms with Gasteiger partial charge in [-0.3, -0.25) is 0 Å². The molecule has 1 aromatic heterocycles. The molecular formula is C14H23NO2. The summed E-state index contributed by atoms with van der Waals surface area (Å²) >= 11 is 0. The van der Waals surface area contributed by atoms with E-state index in [1.807, 2.05) is 12.1 Å². The summed E-state index contributed by atoms with van der Waals surface area (Å²) in [5, 5.41) is 3.62. The normalized spacial score (nSPS) is 19.2. The van der Waals surface area contributed by atoms with Crippen molar-refractivity contribution in [2.24, 2.45) is 5.41 Å². The zero-order chi connectivity index (χ0) is 12.1. The highest BCUT2D eigenvalue weighted by Crippen LogP contribution is 2.48. The molecule has 1 aromatic rings. The molecule has 0 saturated heterocycles. The number of hydrogen-bond acceptors (Lipinski definition) is 3. The van der Waals surface area contributed by atoms with Gasteiger partial charge in [-0.05, 0) is 43.7 Å². The van der Waals surface area contributed by atoms with E-state index in [4.69, 9.17) is 9.15 Å². The lowest BCUT2D eigenvalue weighted by Gasteiger charge is -2.19. The van der Waals surface area contributed by atoms with Gasteiger partial charge in [0.15, 0.2) is 0 Å². The summed E-state index contributed by atoms with van der Waals surface area (Å²) in [6.07, 6.45) is 6.58. The number of ether oxygens (including phenoxy) is 1. The Hall–Kier alpha value is -0.800. The number of rotatable bonds is 8. The summed E-state index contributed by atoms with van der Waals surface area (Å²) in [7, 11) is 1.78. The molecule has 0 aromatic carbocycles. The molecule has 96 valence electrons. The molecule has 2 rings (SSSR count). The average Bonchev–Trinajstić information content (AvgIpc) is 2.92. The van der Waals surface area contributed by atoms with Gasteiger partial charge >= 0.3 is 0 Å². The molecule has 1 atom stereocenters. The van der Waals surface area contributed by atoms with Gasteiger partial charge in [0, 0.05) is 32.7 Å². The van der Waals surface area contributed by atoms with E-state index in [0.717, 1.165) is 25.3 Å². The maximum absolute atomic E-state index is 5.36. The second-order valence-electron chi connectivity index (χ2n) is 5.31. The van der Waals surface area contributed by atoms with Crippen LogP contribution in [0.25, 0.3) is 0 Å². The third-order valence-electron chi connectivity index (χ3n) is 3.71. The van der Waals surface area contributed by atoms with Crippen molar-refractivity contribution in [3.63, 3.8) is 0 Å². The Labute approximate surface area is 104 Å². The zero-order valence-corrected chi connectivity index (χ0v) is 10.9. The first-order chi connectivity index (χ1) is 8.24. The van der Waals surface area contributed by atoms with Gasteiger partial charge in [-0.1, -0.05) is 0 Å². The Morgan fingerprint density at radius 1 is 1.53 bits per heavy atom. The lowest BCUT2D eigenvalue weighted by Crippen LogP contribution is -2.33. The number of methoxy groups -OCH3 is 1. The highest BCUT2D eigenvalue weighted by molar-refractivity contribution is 5.01. The van der Waals surface area contributed by atoms with E-state index in [2.05, 4.69) is 12.2 Å². The fraction of sp³-hybridized carbons (Fsp3) is 0.714. The minimum atomic E-state index is 0.473. The molecule has 1 fully saturated rings. The first kappa shape index (κ1) is 12.7. The molecule has 1 saturated carbocycles. The molecule has 1 aliphatic carbocycles. The second kappa shape index (κ2) is 5.69. The van der Waals surface area contributed by atoms with E-state index in [0.29, 0.717) is 11.5 Å². The first-order valence-electron chi connectivity index (χ1n) is 6.49. The molecular weight excluding hydrogens is 214 g/mol. The van der Waals surface area contributed by atoms with E-state index >= 15 is 0 Å². The van der Waals surface area contributed by atoms with Crippen LogP contribution in [0.5, 0.6) is 0 Å². The third kappa shape index (κ3) is 3.86. The number of furan rings is 1. The summed E-state index contributed by atoms with van der Waals surface area (Å²) in [5.41, 5.74) is 0.521. The van der Waals surface area contributed by atoms with Gasteiger partial charge in [0.25, 0.3) is 0 Å². The molecule has 3 heteroatoms. The Morgan fingerprint density at radius 3 is 2.94 bits per heavy atom. The smallest absolute Gasteiger partial charge is 0.105 e. The molecule has 0 bridgehead atoms. The summed E-state index contributed by atoms with van der Waals surface area (Å²) in [6, 6.07) is 4.46. The highest BCUT2D eigenvalue weighted by Gasteiger charge is 2.41. The number of hydrogen-bond donors (Lipinski definition) is 1. The van der Waals surface area contributed by atoms with Crippen molar-refractivity contribution in [3.05, 3.63) is 24.2 Å². The van der Waals surface area contributed by atoms with E-state index in [9.17, 15) is 0 Å². The molecule has 0 amide bonds. The van der Waals surface area contributed by atoms with Crippen molar-refractivity contribution in [2.75, 3.05) is 20.3 Å². The maximum atomic E-state index is 5.36. The summed E-state index contributed by atoms with van der Waals surface area (Å²) in [5.74, 6) is 1.06. The van der Waals surface area contributed by atoms with Crippen molar-refractivity contribution in [1.29, 1.82) is 0 Å². The Morgan fingerprint density at radius 2 is 2.35 bits per heavy atom. The largest absolute Gasteiger partial charge is 0.469 e. The Balaban J connectivity index is 1.67. The maximum Gasteiger partial charge on any atom is 0.105 e. The molecule has 0 spiro atoms. The third-order valence-corrected chi connectivity index (χ3v) is 3.71. The second-order valence-corrected chi connectivity index (χ2v) is 5.31. The van der Waals surface area contributed by atoms with Crippen molar-refractivity contribution >= 4 is 0 Å². The zero-order valence-electron chi connectivity index (χ0n) is 10.9. The first-order valence-corrected chi connectivity index (χ1v) is 6.49. The number of nitrogens with one attached hydrogen (secondary N) is 1. The van der Waals surface area contributed by atoms with E-state index < -0.39 is 0 Å². The van der Waals surface area contributed by atoms with Crippen LogP contribution in [0.15, 0.2) is 22.8 Å². The van der Waals surface area contributed by atoms with Crippen LogP contribution in [0.4, 0.5) is 0 Å². The lowest BCUT2D eigenvalue weighted by molar-refractivity contribution is 0.170. The van der Waals surface area contributed by atoms with Crippen LogP contribution in [-0.2, 0) is 11.2 Å². The standard InChI is InChI=1S/C14H23NO2/c1-12(10-13-4-3-8-17-13)15-11-14(5-6-14)7-9-16-2/h3-4,8,12,15H,5-7,9-11H2,1-2H3. The van der Waals surface area contributed by atoms with Gasteiger partial charge in [-0.2, -0.15) is 0 Å². The van der Waals surface area contributed by atoms with Crippen LogP contribution in [0.2, 0.25) is 0 Å². The van der Waals surface area contributed by atoms with Crippen LogP contribution in [-0.4, -0.2) is 26.3 Å². The van der Waals surface area contributed by atoms with Gasteiger partial charge in [0.2, 0.25) is 0 Å². The SMILES string of the molecule is COCCC1(CNC(C)Cc2ccco2)CC1. The van der Waals surface area contributed by atoms with E-state index in [-0.39, 0.29) is 0 Å². The summed E-state index contributed by atoms with van der Waals surface area (Å²) in [4.78, 5) is 0. The quantitative estimate of drug-likeness (QED) is 0.754. The van der Waals surface area contributed by atoms with Gasteiger partial charge in [0.05, 0.1) is 6.26 Å². The molecule has 0 radical (unpaired) electrons. The lowest BCUT2D eigenvalue weighted by atomic mass is 10.0. The topological polar surface area (TPSA) is 34.4 Å². The monoisotopic (exact) mass is 237 g/mol. The molecule has 1 heterocycles. The van der Waals surface area contributed by atoms with E-state index in [1.165, 1.54) is 19.3 Å². The highest BCUT2D eigenvalue weighted by atomic mass is 16.5. The van der Waals surface area contributed by atoms with Crippen LogP contribution >= 0.6 is 0 Å². The molecule has 17 heavy (non-hydrogen) atoms. The fourth-order valence-electron chi connectivity index (χ4n) is 2.20. The van der Waals surface area contributed by atoms with Gasteiger partial charge in [-0.25, -0.2) is 0 Å². The predicted octanol–water partition coefficient (Wildman–Crippen LogP) is 2.62. The van der Waals surface area contributed by atoms with Crippen LogP contribution in [0.3, 0.4) is 0 Å². The molecule has 1 N–H and O–H groups in total. The Bertz CT molecular complexity index is 317. The average molecular weight is 237 g/mol. The van der Waals surface area contributed by atoms with Crippen LogP contribution in [0.1, 0.15) is 31.9 Å². The van der Waals surface area contributed by atoms with Crippen molar-refractivity contribution in [2.45, 2.75) is 38.6 Å². The summed E-state index contributed by atoms with van der Waals surface area (Å²) in [6.45, 7) is 4.21. The van der Waals surface area contributed by atoms with Gasteiger partial charge in [-0.15, -0.1) is 0 Å². The molecule has 1 aliphatic rings. The van der Waals surface area contributed by atoms with Gasteiger partial charge < -0.3 is 14.5 Å².